The normalized spacial score (nSPS) is 19.9. The highest BCUT2D eigenvalue weighted by Gasteiger charge is 2.37. The molecule has 1 saturated carbocycles. The van der Waals surface area contributed by atoms with Crippen molar-refractivity contribution in [1.29, 1.82) is 0 Å². The van der Waals surface area contributed by atoms with Gasteiger partial charge in [-0.15, -0.1) is 0 Å². The van der Waals surface area contributed by atoms with E-state index < -0.39 is 6.04 Å². The van der Waals surface area contributed by atoms with E-state index in [2.05, 4.69) is 63.7 Å². The van der Waals surface area contributed by atoms with Crippen molar-refractivity contribution < 1.29 is 9.59 Å². The van der Waals surface area contributed by atoms with Gasteiger partial charge in [0.05, 0.1) is 0 Å². The molecule has 3 aromatic rings. The highest BCUT2D eigenvalue weighted by Crippen LogP contribution is 2.40. The second-order valence-corrected chi connectivity index (χ2v) is 10.8. The van der Waals surface area contributed by atoms with Gasteiger partial charge in [0.25, 0.3) is 5.91 Å². The van der Waals surface area contributed by atoms with Gasteiger partial charge in [-0.3, -0.25) is 9.59 Å². The standard InChI is InChI=1S/C31H38N6O2/c1-22-5-7-24(8-6-22)27-18-29(27)34-13-3-4-28(31(39)37-16-14-36(2)15-17-37)35-30(38)25-11-9-23(10-12-25)26-19-32-21-33-20-26/h5-12,19-21,27-29,34H,3-4,13-18H2,1-2H3,(H,35,38)/t27-,28-,29+/m0/s1. The summed E-state index contributed by atoms with van der Waals surface area (Å²) in [7, 11) is 2.07. The molecular weight excluding hydrogens is 488 g/mol. The number of nitrogens with zero attached hydrogens (tertiary/aromatic N) is 4. The summed E-state index contributed by atoms with van der Waals surface area (Å²) in [5.74, 6) is 0.352. The minimum atomic E-state index is -0.544. The maximum absolute atomic E-state index is 13.5. The highest BCUT2D eigenvalue weighted by atomic mass is 16.2. The topological polar surface area (TPSA) is 90.5 Å². The molecule has 1 aromatic heterocycles. The Kier molecular flexibility index (Phi) is 8.64. The predicted molar refractivity (Wildman–Crippen MR) is 152 cm³/mol. The third kappa shape index (κ3) is 7.07. The molecule has 1 saturated heterocycles. The van der Waals surface area contributed by atoms with Crippen LogP contribution in [0.15, 0.2) is 67.3 Å². The molecule has 39 heavy (non-hydrogen) atoms. The number of hydrogen-bond acceptors (Lipinski definition) is 6. The first-order valence-electron chi connectivity index (χ1n) is 13.9. The van der Waals surface area contributed by atoms with Crippen molar-refractivity contribution in [3.05, 3.63) is 83.9 Å². The summed E-state index contributed by atoms with van der Waals surface area (Å²) >= 11 is 0. The minimum absolute atomic E-state index is 0.0125. The molecule has 8 heteroatoms. The van der Waals surface area contributed by atoms with Crippen LogP contribution in [-0.4, -0.2) is 83.4 Å². The van der Waals surface area contributed by atoms with E-state index in [0.717, 1.165) is 43.6 Å². The quantitative estimate of drug-likeness (QED) is 0.394. The Morgan fingerprint density at radius 2 is 1.64 bits per heavy atom. The number of benzene rings is 2. The summed E-state index contributed by atoms with van der Waals surface area (Å²) in [5.41, 5.74) is 5.03. The third-order valence-electron chi connectivity index (χ3n) is 7.83. The van der Waals surface area contributed by atoms with Crippen LogP contribution < -0.4 is 10.6 Å². The fourth-order valence-electron chi connectivity index (χ4n) is 5.20. The maximum Gasteiger partial charge on any atom is 0.251 e. The number of amides is 2. The third-order valence-corrected chi connectivity index (χ3v) is 7.83. The number of carbonyl (C=O) groups excluding carboxylic acids is 2. The molecular formula is C31H38N6O2. The van der Waals surface area contributed by atoms with E-state index in [1.165, 1.54) is 17.5 Å². The molecule has 204 valence electrons. The number of rotatable bonds is 10. The lowest BCUT2D eigenvalue weighted by atomic mass is 10.0. The van der Waals surface area contributed by atoms with Crippen LogP contribution in [0, 0.1) is 6.92 Å². The van der Waals surface area contributed by atoms with Gasteiger partial charge in [-0.2, -0.15) is 0 Å². The molecule has 3 atom stereocenters. The van der Waals surface area contributed by atoms with E-state index in [1.54, 1.807) is 24.5 Å². The summed E-state index contributed by atoms with van der Waals surface area (Å²) in [4.78, 5) is 38.9. The van der Waals surface area contributed by atoms with Crippen molar-refractivity contribution in [3.63, 3.8) is 0 Å². The number of piperazine rings is 1. The molecule has 1 aliphatic heterocycles. The lowest BCUT2D eigenvalue weighted by Gasteiger charge is -2.34. The van der Waals surface area contributed by atoms with Crippen LogP contribution in [0.25, 0.3) is 11.1 Å². The zero-order valence-electron chi connectivity index (χ0n) is 22.8. The molecule has 0 spiro atoms. The van der Waals surface area contributed by atoms with Crippen molar-refractivity contribution in [2.45, 2.75) is 44.2 Å². The Labute approximate surface area is 230 Å². The van der Waals surface area contributed by atoms with Crippen LogP contribution in [0.5, 0.6) is 0 Å². The molecule has 0 bridgehead atoms. The zero-order chi connectivity index (χ0) is 27.2. The van der Waals surface area contributed by atoms with Crippen molar-refractivity contribution in [2.75, 3.05) is 39.8 Å². The van der Waals surface area contributed by atoms with Gasteiger partial charge in [-0.25, -0.2) is 9.97 Å². The molecule has 1 aliphatic carbocycles. The van der Waals surface area contributed by atoms with Gasteiger partial charge in [-0.05, 0) is 63.0 Å². The number of likely N-dealkylation sites (N-methyl/N-ethyl adjacent to an activating group) is 1. The van der Waals surface area contributed by atoms with E-state index in [1.807, 2.05) is 17.0 Å². The van der Waals surface area contributed by atoms with Gasteiger partial charge in [0, 0.05) is 61.7 Å². The molecule has 2 aliphatic rings. The summed E-state index contributed by atoms with van der Waals surface area (Å²) in [6, 6.07) is 16.1. The van der Waals surface area contributed by atoms with Gasteiger partial charge in [-0.1, -0.05) is 42.0 Å². The summed E-state index contributed by atoms with van der Waals surface area (Å²) in [6.07, 6.45) is 7.54. The fraction of sp³-hybridized carbons (Fsp3) is 0.419. The lowest BCUT2D eigenvalue weighted by molar-refractivity contribution is -0.135. The van der Waals surface area contributed by atoms with Crippen LogP contribution in [0.1, 0.15) is 46.7 Å². The number of aryl methyl sites for hydroxylation is 1. The highest BCUT2D eigenvalue weighted by molar-refractivity contribution is 5.97. The smallest absolute Gasteiger partial charge is 0.251 e. The van der Waals surface area contributed by atoms with Gasteiger partial charge in [0.1, 0.15) is 12.4 Å². The summed E-state index contributed by atoms with van der Waals surface area (Å²) < 4.78 is 0. The second kappa shape index (κ2) is 12.5. The molecule has 0 unspecified atom stereocenters. The molecule has 2 aromatic carbocycles. The lowest BCUT2D eigenvalue weighted by Crippen LogP contribution is -2.54. The molecule has 2 amide bonds. The van der Waals surface area contributed by atoms with Crippen molar-refractivity contribution in [3.8, 4) is 11.1 Å². The number of carbonyl (C=O) groups is 2. The van der Waals surface area contributed by atoms with Crippen molar-refractivity contribution >= 4 is 11.8 Å². The Morgan fingerprint density at radius 1 is 0.949 bits per heavy atom. The Morgan fingerprint density at radius 3 is 2.33 bits per heavy atom. The van der Waals surface area contributed by atoms with Crippen LogP contribution in [0.4, 0.5) is 0 Å². The first-order valence-corrected chi connectivity index (χ1v) is 13.9. The van der Waals surface area contributed by atoms with Crippen LogP contribution >= 0.6 is 0 Å². The fourth-order valence-corrected chi connectivity index (χ4v) is 5.20. The molecule has 5 rings (SSSR count). The first kappa shape index (κ1) is 27.0. The molecule has 0 radical (unpaired) electrons. The largest absolute Gasteiger partial charge is 0.340 e. The molecule has 2 fully saturated rings. The van der Waals surface area contributed by atoms with E-state index in [9.17, 15) is 9.59 Å². The maximum atomic E-state index is 13.5. The average Bonchev–Trinajstić information content (AvgIpc) is 3.75. The van der Waals surface area contributed by atoms with Crippen LogP contribution in [0.2, 0.25) is 0 Å². The van der Waals surface area contributed by atoms with E-state index in [0.29, 0.717) is 37.0 Å². The first-order chi connectivity index (χ1) is 19.0. The zero-order valence-corrected chi connectivity index (χ0v) is 22.8. The molecule has 2 N–H and O–H groups in total. The van der Waals surface area contributed by atoms with E-state index >= 15 is 0 Å². The molecule has 2 heterocycles. The van der Waals surface area contributed by atoms with Crippen molar-refractivity contribution in [1.82, 2.24) is 30.4 Å². The number of hydrogen-bond donors (Lipinski definition) is 2. The number of aromatic nitrogens is 2. The minimum Gasteiger partial charge on any atom is -0.340 e. The van der Waals surface area contributed by atoms with Crippen LogP contribution in [-0.2, 0) is 4.79 Å². The summed E-state index contributed by atoms with van der Waals surface area (Å²) in [6.45, 7) is 6.01. The van der Waals surface area contributed by atoms with Gasteiger partial charge < -0.3 is 20.4 Å². The van der Waals surface area contributed by atoms with Crippen molar-refractivity contribution in [2.24, 2.45) is 0 Å². The molecule has 8 nitrogen and oxygen atoms in total. The van der Waals surface area contributed by atoms with E-state index in [4.69, 9.17) is 0 Å². The average molecular weight is 527 g/mol. The SMILES string of the molecule is Cc1ccc([C@@H]2C[C@H]2NCCC[C@H](NC(=O)c2ccc(-c3cncnc3)cc2)C(=O)N2CCN(C)CC2)cc1. The predicted octanol–water partition coefficient (Wildman–Crippen LogP) is 3.25. The number of nitrogens with one attached hydrogen (secondary N) is 2. The monoisotopic (exact) mass is 526 g/mol. The Bertz CT molecular complexity index is 1240. The Balaban J connectivity index is 1.17. The summed E-state index contributed by atoms with van der Waals surface area (Å²) in [5, 5.41) is 6.70. The van der Waals surface area contributed by atoms with Gasteiger partial charge in [0.15, 0.2) is 0 Å². The van der Waals surface area contributed by atoms with Gasteiger partial charge in [0.2, 0.25) is 5.91 Å². The Hall–Kier alpha value is -3.62. The second-order valence-electron chi connectivity index (χ2n) is 10.8. The van der Waals surface area contributed by atoms with Gasteiger partial charge >= 0.3 is 0 Å². The van der Waals surface area contributed by atoms with E-state index in [-0.39, 0.29) is 11.8 Å². The van der Waals surface area contributed by atoms with Crippen LogP contribution in [0.3, 0.4) is 0 Å².